The molecule has 1 atom stereocenters. The molecule has 2 nitrogen and oxygen atoms in total. The van der Waals surface area contributed by atoms with Gasteiger partial charge in [-0.05, 0) is 25.8 Å². The molecule has 0 heterocycles. The zero-order valence-corrected chi connectivity index (χ0v) is 11.5. The Morgan fingerprint density at radius 3 is 2.39 bits per heavy atom. The Labute approximate surface area is 110 Å². The number of hydrogen-bond acceptors (Lipinski definition) is 2. The molecular weight excluding hydrogens is 224 g/mol. The van der Waals surface area contributed by atoms with E-state index in [0.717, 1.165) is 12.0 Å². The van der Waals surface area contributed by atoms with Crippen molar-refractivity contribution in [2.75, 3.05) is 6.61 Å². The van der Waals surface area contributed by atoms with E-state index in [1.54, 1.807) is 0 Å². The lowest BCUT2D eigenvalue weighted by Crippen LogP contribution is -2.35. The number of benzene rings is 1. The summed E-state index contributed by atoms with van der Waals surface area (Å²) in [5, 5.41) is 0. The normalized spacial score (nSPS) is 13.7. The zero-order valence-electron chi connectivity index (χ0n) is 11.5. The molecule has 0 aliphatic heterocycles. The lowest BCUT2D eigenvalue weighted by Gasteiger charge is -2.30. The van der Waals surface area contributed by atoms with Crippen LogP contribution in [0, 0.1) is 0 Å². The van der Waals surface area contributed by atoms with Gasteiger partial charge in [-0.2, -0.15) is 0 Å². The largest absolute Gasteiger partial charge is 0.497 e. The molecule has 0 aliphatic rings. The molecule has 0 bridgehead atoms. The molecule has 1 rings (SSSR count). The predicted octanol–water partition coefficient (Wildman–Crippen LogP) is 3.86. The first-order valence-electron chi connectivity index (χ1n) is 6.48. The van der Waals surface area contributed by atoms with Crippen LogP contribution in [0.2, 0.25) is 0 Å². The van der Waals surface area contributed by atoms with E-state index in [4.69, 9.17) is 4.74 Å². The fourth-order valence-corrected chi connectivity index (χ4v) is 2.04. The Morgan fingerprint density at radius 1 is 1.28 bits per heavy atom. The highest BCUT2D eigenvalue weighted by molar-refractivity contribution is 5.92. The molecule has 0 saturated heterocycles. The maximum atomic E-state index is 12.4. The third-order valence-electron chi connectivity index (χ3n) is 3.26. The van der Waals surface area contributed by atoms with Gasteiger partial charge in [-0.1, -0.05) is 43.8 Å². The summed E-state index contributed by atoms with van der Waals surface area (Å²) >= 11 is 0. The standard InChI is InChI=1S/C16H22O2/c1-5-10-15(17)16(4,13(3)18-6-2)14-11-8-7-9-12-14/h7-9,11-12H,3,5-6,10H2,1-2,4H3. The smallest absolute Gasteiger partial charge is 0.150 e. The van der Waals surface area contributed by atoms with E-state index in [9.17, 15) is 4.79 Å². The maximum Gasteiger partial charge on any atom is 0.150 e. The number of Topliss-reactive ketones (excluding diaryl/α,β-unsaturated/α-hetero) is 1. The van der Waals surface area contributed by atoms with Crippen molar-refractivity contribution in [1.82, 2.24) is 0 Å². The van der Waals surface area contributed by atoms with Gasteiger partial charge in [0.05, 0.1) is 6.61 Å². The van der Waals surface area contributed by atoms with Crippen molar-refractivity contribution >= 4 is 5.78 Å². The predicted molar refractivity (Wildman–Crippen MR) is 74.5 cm³/mol. The van der Waals surface area contributed by atoms with Gasteiger partial charge < -0.3 is 4.74 Å². The van der Waals surface area contributed by atoms with Crippen LogP contribution in [0.25, 0.3) is 0 Å². The highest BCUT2D eigenvalue weighted by atomic mass is 16.5. The van der Waals surface area contributed by atoms with E-state index in [-0.39, 0.29) is 5.78 Å². The fourth-order valence-electron chi connectivity index (χ4n) is 2.04. The second kappa shape index (κ2) is 6.39. The minimum Gasteiger partial charge on any atom is -0.497 e. The zero-order chi connectivity index (χ0) is 13.6. The molecule has 1 aromatic carbocycles. The summed E-state index contributed by atoms with van der Waals surface area (Å²) in [5.41, 5.74) is 0.203. The van der Waals surface area contributed by atoms with E-state index < -0.39 is 5.41 Å². The van der Waals surface area contributed by atoms with E-state index in [0.29, 0.717) is 18.8 Å². The third kappa shape index (κ3) is 2.81. The van der Waals surface area contributed by atoms with E-state index in [2.05, 4.69) is 6.58 Å². The first-order chi connectivity index (χ1) is 8.57. The van der Waals surface area contributed by atoms with E-state index in [1.165, 1.54) is 0 Å². The summed E-state index contributed by atoms with van der Waals surface area (Å²) in [6, 6.07) is 9.73. The summed E-state index contributed by atoms with van der Waals surface area (Å²) in [4.78, 5) is 12.4. The number of carbonyl (C=O) groups is 1. The monoisotopic (exact) mass is 246 g/mol. The van der Waals surface area contributed by atoms with Gasteiger partial charge in [0.2, 0.25) is 0 Å². The van der Waals surface area contributed by atoms with Crippen LogP contribution >= 0.6 is 0 Å². The first-order valence-corrected chi connectivity index (χ1v) is 6.48. The van der Waals surface area contributed by atoms with Crippen LogP contribution in [0.4, 0.5) is 0 Å². The van der Waals surface area contributed by atoms with E-state index in [1.807, 2.05) is 51.1 Å². The number of ether oxygens (including phenoxy) is 1. The van der Waals surface area contributed by atoms with Gasteiger partial charge in [0, 0.05) is 6.42 Å². The summed E-state index contributed by atoms with van der Waals surface area (Å²) in [5.74, 6) is 0.698. The number of carbonyl (C=O) groups excluding carboxylic acids is 1. The van der Waals surface area contributed by atoms with Gasteiger partial charge in [0.1, 0.15) is 11.2 Å². The van der Waals surface area contributed by atoms with Crippen LogP contribution in [0.15, 0.2) is 42.7 Å². The van der Waals surface area contributed by atoms with Crippen molar-refractivity contribution in [2.45, 2.75) is 39.0 Å². The molecule has 0 radical (unpaired) electrons. The second-order valence-corrected chi connectivity index (χ2v) is 4.52. The highest BCUT2D eigenvalue weighted by Crippen LogP contribution is 2.34. The summed E-state index contributed by atoms with van der Waals surface area (Å²) in [6.45, 7) is 10.3. The van der Waals surface area contributed by atoms with Crippen LogP contribution in [-0.2, 0) is 14.9 Å². The number of rotatable bonds is 7. The highest BCUT2D eigenvalue weighted by Gasteiger charge is 2.38. The summed E-state index contributed by atoms with van der Waals surface area (Å²) in [6.07, 6.45) is 1.37. The minimum atomic E-state index is -0.743. The Balaban J connectivity index is 3.17. The Bertz CT molecular complexity index is 388. The molecule has 1 unspecified atom stereocenters. The summed E-state index contributed by atoms with van der Waals surface area (Å²) in [7, 11) is 0. The van der Waals surface area contributed by atoms with Crippen molar-refractivity contribution in [3.63, 3.8) is 0 Å². The molecule has 98 valence electrons. The van der Waals surface area contributed by atoms with Crippen molar-refractivity contribution < 1.29 is 9.53 Å². The number of ketones is 1. The SMILES string of the molecule is C=C(OCC)C(C)(C(=O)CCC)c1ccccc1. The fraction of sp³-hybridized carbons (Fsp3) is 0.438. The Hall–Kier alpha value is -1.57. The molecule has 0 saturated carbocycles. The second-order valence-electron chi connectivity index (χ2n) is 4.52. The summed E-state index contributed by atoms with van der Waals surface area (Å²) < 4.78 is 5.51. The lowest BCUT2D eigenvalue weighted by atomic mass is 9.75. The van der Waals surface area contributed by atoms with E-state index >= 15 is 0 Å². The number of allylic oxidation sites excluding steroid dienone is 1. The average molecular weight is 246 g/mol. The number of hydrogen-bond donors (Lipinski definition) is 0. The lowest BCUT2D eigenvalue weighted by molar-refractivity contribution is -0.124. The minimum absolute atomic E-state index is 0.162. The van der Waals surface area contributed by atoms with Gasteiger partial charge in [0.25, 0.3) is 0 Å². The van der Waals surface area contributed by atoms with Gasteiger partial charge in [0.15, 0.2) is 5.78 Å². The molecule has 0 spiro atoms. The van der Waals surface area contributed by atoms with Crippen LogP contribution in [-0.4, -0.2) is 12.4 Å². The van der Waals surface area contributed by atoms with Crippen LogP contribution in [0.5, 0.6) is 0 Å². The maximum absolute atomic E-state index is 12.4. The van der Waals surface area contributed by atoms with Crippen LogP contribution in [0.3, 0.4) is 0 Å². The van der Waals surface area contributed by atoms with Crippen LogP contribution in [0.1, 0.15) is 39.2 Å². The van der Waals surface area contributed by atoms with Crippen LogP contribution < -0.4 is 0 Å². The molecule has 0 aliphatic carbocycles. The molecule has 18 heavy (non-hydrogen) atoms. The molecule has 1 aromatic rings. The molecule has 0 amide bonds. The first kappa shape index (κ1) is 14.5. The van der Waals surface area contributed by atoms with Crippen molar-refractivity contribution in [3.05, 3.63) is 48.2 Å². The molecular formula is C16H22O2. The van der Waals surface area contributed by atoms with Gasteiger partial charge in [-0.15, -0.1) is 0 Å². The molecule has 0 fully saturated rings. The van der Waals surface area contributed by atoms with Crippen molar-refractivity contribution in [2.24, 2.45) is 0 Å². The Kier molecular flexibility index (Phi) is 5.14. The third-order valence-corrected chi connectivity index (χ3v) is 3.26. The van der Waals surface area contributed by atoms with Crippen molar-refractivity contribution in [3.8, 4) is 0 Å². The quantitative estimate of drug-likeness (QED) is 0.683. The van der Waals surface area contributed by atoms with Crippen molar-refractivity contribution in [1.29, 1.82) is 0 Å². The molecule has 0 N–H and O–H groups in total. The van der Waals surface area contributed by atoms with Gasteiger partial charge >= 0.3 is 0 Å². The Morgan fingerprint density at radius 2 is 1.89 bits per heavy atom. The topological polar surface area (TPSA) is 26.3 Å². The van der Waals surface area contributed by atoms with Gasteiger partial charge in [-0.25, -0.2) is 0 Å². The average Bonchev–Trinajstić information content (AvgIpc) is 2.39. The molecule has 2 heteroatoms. The molecule has 0 aromatic heterocycles. The van der Waals surface area contributed by atoms with Gasteiger partial charge in [-0.3, -0.25) is 4.79 Å².